The van der Waals surface area contributed by atoms with E-state index in [2.05, 4.69) is 27.9 Å². The number of halogens is 3. The van der Waals surface area contributed by atoms with Crippen LogP contribution in [0.4, 0.5) is 5.69 Å². The number of nitrogens with one attached hydrogen (secondary N) is 1. The van der Waals surface area contributed by atoms with Crippen LogP contribution in [0.25, 0.3) is 6.08 Å². The largest absolute Gasteiger partial charge is 0.494 e. The highest BCUT2D eigenvalue weighted by atomic mass is 127. The fraction of sp³-hybridized carbons (Fsp3) is 0.154. The number of carbonyl (C=O) groups is 1. The first-order valence-electron chi connectivity index (χ1n) is 10.4. The average Bonchev–Trinajstić information content (AvgIpc) is 2.83. The molecule has 0 aliphatic rings. The van der Waals surface area contributed by atoms with E-state index in [0.717, 1.165) is 9.13 Å². The molecule has 0 fully saturated rings. The Balaban J connectivity index is 1.81. The molecule has 0 aromatic heterocycles. The van der Waals surface area contributed by atoms with Crippen LogP contribution in [-0.2, 0) is 11.4 Å². The van der Waals surface area contributed by atoms with E-state index in [4.69, 9.17) is 37.4 Å². The van der Waals surface area contributed by atoms with E-state index in [1.54, 1.807) is 54.6 Å². The van der Waals surface area contributed by atoms with E-state index in [0.29, 0.717) is 45.2 Å². The number of ether oxygens (including phenoxy) is 3. The summed E-state index contributed by atoms with van der Waals surface area (Å²) >= 11 is 14.3. The maximum atomic E-state index is 12.7. The Morgan fingerprint density at radius 1 is 1.14 bits per heavy atom. The van der Waals surface area contributed by atoms with E-state index < -0.39 is 5.91 Å². The topological polar surface area (TPSA) is 80.6 Å². The van der Waals surface area contributed by atoms with Gasteiger partial charge in [0.05, 0.1) is 17.3 Å². The SMILES string of the molecule is CCOc1cccc(NC(=O)/C(C#N)=C/c2cc(I)c(OCc3ccc(Cl)cc3Cl)c(OC)c2)c1. The highest BCUT2D eigenvalue weighted by molar-refractivity contribution is 14.1. The second-order valence-electron chi connectivity index (χ2n) is 7.14. The van der Waals surface area contributed by atoms with Gasteiger partial charge in [0.25, 0.3) is 5.91 Å². The monoisotopic (exact) mass is 622 g/mol. The number of nitrogens with zero attached hydrogens (tertiary/aromatic N) is 1. The van der Waals surface area contributed by atoms with Gasteiger partial charge in [0.1, 0.15) is 24.0 Å². The summed E-state index contributed by atoms with van der Waals surface area (Å²) in [6.07, 6.45) is 1.49. The fourth-order valence-corrected chi connectivity index (χ4v) is 4.34. The second-order valence-corrected chi connectivity index (χ2v) is 9.15. The molecule has 9 heteroatoms. The zero-order valence-corrected chi connectivity index (χ0v) is 22.6. The number of carbonyl (C=O) groups excluding carboxylic acids is 1. The number of rotatable bonds is 9. The summed E-state index contributed by atoms with van der Waals surface area (Å²) in [5.41, 5.74) is 1.85. The Bertz CT molecular complexity index is 1300. The van der Waals surface area contributed by atoms with Gasteiger partial charge in [-0.15, -0.1) is 0 Å². The van der Waals surface area contributed by atoms with Gasteiger partial charge in [-0.3, -0.25) is 4.79 Å². The zero-order valence-electron chi connectivity index (χ0n) is 18.9. The third-order valence-corrected chi connectivity index (χ3v) is 6.11. The van der Waals surface area contributed by atoms with Crippen molar-refractivity contribution >= 4 is 63.5 Å². The molecule has 35 heavy (non-hydrogen) atoms. The van der Waals surface area contributed by atoms with Crippen molar-refractivity contribution in [3.8, 4) is 23.3 Å². The van der Waals surface area contributed by atoms with Gasteiger partial charge in [-0.1, -0.05) is 35.3 Å². The van der Waals surface area contributed by atoms with Crippen LogP contribution in [0.3, 0.4) is 0 Å². The molecule has 0 aliphatic heterocycles. The van der Waals surface area contributed by atoms with Crippen molar-refractivity contribution in [2.24, 2.45) is 0 Å². The molecule has 3 aromatic rings. The maximum absolute atomic E-state index is 12.7. The van der Waals surface area contributed by atoms with Crippen LogP contribution in [0, 0.1) is 14.9 Å². The first kappa shape index (κ1) is 26.7. The average molecular weight is 623 g/mol. The summed E-state index contributed by atoms with van der Waals surface area (Å²) in [4.78, 5) is 12.7. The molecule has 0 aliphatic carbocycles. The Morgan fingerprint density at radius 2 is 1.94 bits per heavy atom. The second kappa shape index (κ2) is 12.7. The highest BCUT2D eigenvalue weighted by Gasteiger charge is 2.15. The normalized spacial score (nSPS) is 10.9. The van der Waals surface area contributed by atoms with Crippen molar-refractivity contribution in [1.82, 2.24) is 0 Å². The Hall–Kier alpha value is -2.93. The summed E-state index contributed by atoms with van der Waals surface area (Å²) in [5, 5.41) is 13.4. The van der Waals surface area contributed by atoms with Crippen LogP contribution in [0.1, 0.15) is 18.1 Å². The van der Waals surface area contributed by atoms with E-state index >= 15 is 0 Å². The van der Waals surface area contributed by atoms with E-state index in [1.165, 1.54) is 13.2 Å². The molecule has 0 saturated carbocycles. The predicted molar refractivity (Wildman–Crippen MR) is 146 cm³/mol. The number of hydrogen-bond acceptors (Lipinski definition) is 5. The van der Waals surface area contributed by atoms with Crippen molar-refractivity contribution in [3.05, 3.63) is 84.9 Å². The molecule has 0 unspecified atom stereocenters. The number of hydrogen-bond donors (Lipinski definition) is 1. The first-order chi connectivity index (χ1) is 16.8. The van der Waals surface area contributed by atoms with Crippen molar-refractivity contribution in [2.45, 2.75) is 13.5 Å². The van der Waals surface area contributed by atoms with Crippen LogP contribution in [0.2, 0.25) is 10.0 Å². The molecule has 0 heterocycles. The van der Waals surface area contributed by atoms with Crippen LogP contribution >= 0.6 is 45.8 Å². The summed E-state index contributed by atoms with van der Waals surface area (Å²) in [5.74, 6) is 1.07. The first-order valence-corrected chi connectivity index (χ1v) is 12.3. The molecule has 0 atom stereocenters. The molecule has 6 nitrogen and oxygen atoms in total. The van der Waals surface area contributed by atoms with Gasteiger partial charge in [0.2, 0.25) is 0 Å². The van der Waals surface area contributed by atoms with Gasteiger partial charge >= 0.3 is 0 Å². The van der Waals surface area contributed by atoms with E-state index in [-0.39, 0.29) is 12.2 Å². The van der Waals surface area contributed by atoms with Gasteiger partial charge < -0.3 is 19.5 Å². The van der Waals surface area contributed by atoms with Gasteiger partial charge in [-0.05, 0) is 77.6 Å². The summed E-state index contributed by atoms with van der Waals surface area (Å²) in [7, 11) is 1.52. The third kappa shape index (κ3) is 7.28. The smallest absolute Gasteiger partial charge is 0.266 e. The van der Waals surface area contributed by atoms with Crippen LogP contribution in [0.5, 0.6) is 17.2 Å². The van der Waals surface area contributed by atoms with E-state index in [9.17, 15) is 10.1 Å². The van der Waals surface area contributed by atoms with Gasteiger partial charge in [-0.25, -0.2) is 0 Å². The van der Waals surface area contributed by atoms with E-state index in [1.807, 2.05) is 13.0 Å². The lowest BCUT2D eigenvalue weighted by Gasteiger charge is -2.14. The summed E-state index contributed by atoms with van der Waals surface area (Å²) in [6.45, 7) is 2.60. The molecule has 1 N–H and O–H groups in total. The van der Waals surface area contributed by atoms with Gasteiger partial charge in [0.15, 0.2) is 11.5 Å². The fourth-order valence-electron chi connectivity index (χ4n) is 3.10. The molecular weight excluding hydrogens is 602 g/mol. The summed E-state index contributed by atoms with van der Waals surface area (Å²) < 4.78 is 17.7. The number of methoxy groups -OCH3 is 1. The molecule has 0 spiro atoms. The van der Waals surface area contributed by atoms with Gasteiger partial charge in [0, 0.05) is 27.4 Å². The van der Waals surface area contributed by atoms with Gasteiger partial charge in [-0.2, -0.15) is 5.26 Å². The standard InChI is InChI=1S/C26H21Cl2IN2O4/c1-3-34-21-6-4-5-20(13-21)31-26(32)18(14-30)9-16-10-23(29)25(24(11-16)33-2)35-15-17-7-8-19(27)12-22(17)28/h4-13H,3,15H2,1-2H3,(H,31,32)/b18-9+. The van der Waals surface area contributed by atoms with Crippen molar-refractivity contribution in [2.75, 3.05) is 19.0 Å². The Kier molecular flexibility index (Phi) is 9.66. The minimum absolute atomic E-state index is 0.0636. The number of anilines is 1. The number of nitriles is 1. The molecule has 0 saturated heterocycles. The van der Waals surface area contributed by atoms with Crippen molar-refractivity contribution in [1.29, 1.82) is 5.26 Å². The molecular formula is C26H21Cl2IN2O4. The Morgan fingerprint density at radius 3 is 2.63 bits per heavy atom. The summed E-state index contributed by atoms with van der Waals surface area (Å²) in [6, 6.07) is 17.6. The zero-order chi connectivity index (χ0) is 25.4. The minimum Gasteiger partial charge on any atom is -0.494 e. The highest BCUT2D eigenvalue weighted by Crippen LogP contribution is 2.36. The molecule has 3 aromatic carbocycles. The lowest BCUT2D eigenvalue weighted by atomic mass is 10.1. The molecule has 0 bridgehead atoms. The lowest BCUT2D eigenvalue weighted by Crippen LogP contribution is -2.13. The van der Waals surface area contributed by atoms with Crippen LogP contribution in [-0.4, -0.2) is 19.6 Å². The number of benzene rings is 3. The lowest BCUT2D eigenvalue weighted by molar-refractivity contribution is -0.112. The Labute approximate surface area is 227 Å². The third-order valence-electron chi connectivity index (χ3n) is 4.72. The quantitative estimate of drug-likeness (QED) is 0.156. The molecule has 1 amide bonds. The van der Waals surface area contributed by atoms with Crippen LogP contribution in [0.15, 0.2) is 60.2 Å². The van der Waals surface area contributed by atoms with Crippen molar-refractivity contribution in [3.63, 3.8) is 0 Å². The number of amides is 1. The maximum Gasteiger partial charge on any atom is 0.266 e. The molecule has 180 valence electrons. The molecule has 0 radical (unpaired) electrons. The minimum atomic E-state index is -0.534. The van der Waals surface area contributed by atoms with Crippen molar-refractivity contribution < 1.29 is 19.0 Å². The van der Waals surface area contributed by atoms with Crippen LogP contribution < -0.4 is 19.5 Å². The predicted octanol–water partition coefficient (Wildman–Crippen LogP) is 7.13. The molecule has 3 rings (SSSR count).